The smallest absolute Gasteiger partial charge is 0.238 e. The molecular formula is C12H25N3O. The Hall–Kier alpha value is -0.610. The SMILES string of the molecule is CC(C)CN(C)CC(C)(NC1CC1)C(N)=O. The zero-order valence-electron chi connectivity index (χ0n) is 10.9. The number of likely N-dealkylation sites (N-methyl/N-ethyl adjacent to an activating group) is 1. The molecule has 0 saturated heterocycles. The van der Waals surface area contributed by atoms with Gasteiger partial charge in [-0.25, -0.2) is 0 Å². The van der Waals surface area contributed by atoms with Crippen molar-refractivity contribution in [1.82, 2.24) is 10.2 Å². The summed E-state index contributed by atoms with van der Waals surface area (Å²) in [6.45, 7) is 7.91. The van der Waals surface area contributed by atoms with Crippen molar-refractivity contribution in [2.75, 3.05) is 20.1 Å². The molecule has 94 valence electrons. The van der Waals surface area contributed by atoms with E-state index < -0.39 is 5.54 Å². The number of amides is 1. The maximum absolute atomic E-state index is 11.5. The second kappa shape index (κ2) is 5.15. The molecule has 0 aromatic carbocycles. The van der Waals surface area contributed by atoms with Crippen molar-refractivity contribution in [2.24, 2.45) is 11.7 Å². The summed E-state index contributed by atoms with van der Waals surface area (Å²) >= 11 is 0. The second-order valence-corrected chi connectivity index (χ2v) is 5.71. The number of rotatable bonds is 7. The van der Waals surface area contributed by atoms with Crippen molar-refractivity contribution in [3.05, 3.63) is 0 Å². The topological polar surface area (TPSA) is 58.4 Å². The molecule has 1 saturated carbocycles. The zero-order chi connectivity index (χ0) is 12.3. The van der Waals surface area contributed by atoms with Gasteiger partial charge in [-0.3, -0.25) is 10.1 Å². The predicted octanol–water partition coefficient (Wildman–Crippen LogP) is 0.570. The molecule has 1 unspecified atom stereocenters. The molecule has 1 atom stereocenters. The first kappa shape index (κ1) is 13.5. The van der Waals surface area contributed by atoms with E-state index in [-0.39, 0.29) is 5.91 Å². The van der Waals surface area contributed by atoms with Crippen LogP contribution in [0.15, 0.2) is 0 Å². The molecular weight excluding hydrogens is 202 g/mol. The predicted molar refractivity (Wildman–Crippen MR) is 66.1 cm³/mol. The molecule has 0 bridgehead atoms. The second-order valence-electron chi connectivity index (χ2n) is 5.71. The van der Waals surface area contributed by atoms with E-state index >= 15 is 0 Å². The molecule has 1 amide bonds. The van der Waals surface area contributed by atoms with Gasteiger partial charge in [0.1, 0.15) is 5.54 Å². The van der Waals surface area contributed by atoms with Crippen molar-refractivity contribution in [1.29, 1.82) is 0 Å². The number of hydrogen-bond donors (Lipinski definition) is 2. The van der Waals surface area contributed by atoms with E-state index in [0.717, 1.165) is 19.4 Å². The van der Waals surface area contributed by atoms with Crippen LogP contribution < -0.4 is 11.1 Å². The van der Waals surface area contributed by atoms with Crippen LogP contribution in [0.1, 0.15) is 33.6 Å². The van der Waals surface area contributed by atoms with Crippen LogP contribution in [-0.2, 0) is 4.79 Å². The fraction of sp³-hybridized carbons (Fsp3) is 0.917. The van der Waals surface area contributed by atoms with Crippen LogP contribution in [0, 0.1) is 5.92 Å². The molecule has 0 heterocycles. The van der Waals surface area contributed by atoms with Crippen LogP contribution in [-0.4, -0.2) is 42.5 Å². The summed E-state index contributed by atoms with van der Waals surface area (Å²) in [6, 6.07) is 0.491. The van der Waals surface area contributed by atoms with Crippen LogP contribution in [0.3, 0.4) is 0 Å². The maximum atomic E-state index is 11.5. The number of nitrogens with zero attached hydrogens (tertiary/aromatic N) is 1. The highest BCUT2D eigenvalue weighted by Crippen LogP contribution is 2.22. The normalized spacial score (nSPS) is 20.1. The summed E-state index contributed by atoms with van der Waals surface area (Å²) in [6.07, 6.45) is 2.33. The molecule has 0 spiro atoms. The lowest BCUT2D eigenvalue weighted by Gasteiger charge is -2.33. The third kappa shape index (κ3) is 4.10. The first-order valence-corrected chi connectivity index (χ1v) is 6.09. The van der Waals surface area contributed by atoms with Gasteiger partial charge in [0.2, 0.25) is 5.91 Å². The summed E-state index contributed by atoms with van der Waals surface area (Å²) in [5.74, 6) is 0.345. The first-order valence-electron chi connectivity index (χ1n) is 6.09. The number of nitrogens with two attached hydrogens (primary N) is 1. The van der Waals surface area contributed by atoms with Crippen molar-refractivity contribution in [3.8, 4) is 0 Å². The summed E-state index contributed by atoms with van der Waals surface area (Å²) in [5.41, 5.74) is 4.91. The van der Waals surface area contributed by atoms with Gasteiger partial charge in [0, 0.05) is 19.1 Å². The summed E-state index contributed by atoms with van der Waals surface area (Å²) in [7, 11) is 2.04. The van der Waals surface area contributed by atoms with Gasteiger partial charge in [-0.05, 0) is 32.7 Å². The minimum absolute atomic E-state index is 0.255. The van der Waals surface area contributed by atoms with Crippen LogP contribution in [0.25, 0.3) is 0 Å². The Morgan fingerprint density at radius 2 is 2.12 bits per heavy atom. The largest absolute Gasteiger partial charge is 0.368 e. The van der Waals surface area contributed by atoms with Gasteiger partial charge < -0.3 is 10.6 Å². The Bertz CT molecular complexity index is 251. The van der Waals surface area contributed by atoms with Gasteiger partial charge in [-0.2, -0.15) is 0 Å². The quantitative estimate of drug-likeness (QED) is 0.668. The number of carbonyl (C=O) groups is 1. The van der Waals surface area contributed by atoms with Gasteiger partial charge >= 0.3 is 0 Å². The molecule has 0 aromatic rings. The fourth-order valence-corrected chi connectivity index (χ4v) is 2.10. The molecule has 1 rings (SSSR count). The van der Waals surface area contributed by atoms with E-state index in [9.17, 15) is 4.79 Å². The molecule has 3 N–H and O–H groups in total. The third-order valence-corrected chi connectivity index (χ3v) is 2.91. The number of hydrogen-bond acceptors (Lipinski definition) is 3. The number of carbonyl (C=O) groups excluding carboxylic acids is 1. The monoisotopic (exact) mass is 227 g/mol. The molecule has 4 heteroatoms. The third-order valence-electron chi connectivity index (χ3n) is 2.91. The molecule has 4 nitrogen and oxygen atoms in total. The van der Waals surface area contributed by atoms with Gasteiger partial charge in [0.25, 0.3) is 0 Å². The average molecular weight is 227 g/mol. The highest BCUT2D eigenvalue weighted by molar-refractivity contribution is 5.84. The minimum atomic E-state index is -0.592. The number of nitrogens with one attached hydrogen (secondary N) is 1. The van der Waals surface area contributed by atoms with E-state index in [4.69, 9.17) is 5.73 Å². The lowest BCUT2D eigenvalue weighted by molar-refractivity contribution is -0.124. The van der Waals surface area contributed by atoms with E-state index in [1.54, 1.807) is 0 Å². The Morgan fingerprint density at radius 1 is 1.56 bits per heavy atom. The van der Waals surface area contributed by atoms with Crippen LogP contribution in [0.4, 0.5) is 0 Å². The Morgan fingerprint density at radius 3 is 2.50 bits per heavy atom. The first-order chi connectivity index (χ1) is 7.33. The summed E-state index contributed by atoms with van der Waals surface area (Å²) in [4.78, 5) is 13.7. The highest BCUT2D eigenvalue weighted by Gasteiger charge is 2.37. The fourth-order valence-electron chi connectivity index (χ4n) is 2.10. The van der Waals surface area contributed by atoms with Crippen LogP contribution in [0.2, 0.25) is 0 Å². The van der Waals surface area contributed by atoms with E-state index in [1.165, 1.54) is 0 Å². The van der Waals surface area contributed by atoms with Gasteiger partial charge in [-0.15, -0.1) is 0 Å². The molecule has 1 fully saturated rings. The van der Waals surface area contributed by atoms with E-state index in [2.05, 4.69) is 24.1 Å². The highest BCUT2D eigenvalue weighted by atomic mass is 16.1. The van der Waals surface area contributed by atoms with Gasteiger partial charge in [0.05, 0.1) is 0 Å². The Labute approximate surface area is 98.6 Å². The van der Waals surface area contributed by atoms with Crippen molar-refractivity contribution < 1.29 is 4.79 Å². The van der Waals surface area contributed by atoms with Crippen molar-refractivity contribution in [3.63, 3.8) is 0 Å². The lowest BCUT2D eigenvalue weighted by atomic mass is 10.00. The van der Waals surface area contributed by atoms with Gasteiger partial charge in [0.15, 0.2) is 0 Å². The molecule has 16 heavy (non-hydrogen) atoms. The minimum Gasteiger partial charge on any atom is -0.368 e. The molecule has 0 aromatic heterocycles. The summed E-state index contributed by atoms with van der Waals surface area (Å²) < 4.78 is 0. The molecule has 1 aliphatic carbocycles. The van der Waals surface area contributed by atoms with E-state index in [0.29, 0.717) is 18.5 Å². The lowest BCUT2D eigenvalue weighted by Crippen LogP contribution is -2.60. The van der Waals surface area contributed by atoms with Gasteiger partial charge in [-0.1, -0.05) is 13.8 Å². The standard InChI is InChI=1S/C12H25N3O/c1-9(2)7-15(4)8-12(3,11(13)16)14-10-5-6-10/h9-10,14H,5-8H2,1-4H3,(H2,13,16). The van der Waals surface area contributed by atoms with Crippen LogP contribution >= 0.6 is 0 Å². The molecule has 0 radical (unpaired) electrons. The van der Waals surface area contributed by atoms with Crippen LogP contribution in [0.5, 0.6) is 0 Å². The van der Waals surface area contributed by atoms with Crippen molar-refractivity contribution in [2.45, 2.75) is 45.2 Å². The number of primary amides is 1. The average Bonchev–Trinajstić information content (AvgIpc) is 2.85. The Balaban J connectivity index is 2.51. The zero-order valence-corrected chi connectivity index (χ0v) is 10.9. The van der Waals surface area contributed by atoms with Crippen molar-refractivity contribution >= 4 is 5.91 Å². The van der Waals surface area contributed by atoms with E-state index in [1.807, 2.05) is 14.0 Å². The molecule has 1 aliphatic rings. The summed E-state index contributed by atoms with van der Waals surface area (Å²) in [5, 5.41) is 3.35. The maximum Gasteiger partial charge on any atom is 0.238 e. The Kier molecular flexibility index (Phi) is 4.33. The molecule has 0 aliphatic heterocycles.